The van der Waals surface area contributed by atoms with Crippen LogP contribution in [-0.4, -0.2) is 29.7 Å². The molecule has 0 saturated carbocycles. The maximum atomic E-state index is 12.0. The molecule has 0 atom stereocenters. The first kappa shape index (κ1) is 13.9. The Balaban J connectivity index is 1.71. The molecular formula is C16H20BrNO2. The lowest BCUT2D eigenvalue weighted by molar-refractivity contribution is -0.00964. The van der Waals surface area contributed by atoms with Crippen LogP contribution in [0, 0.1) is 0 Å². The molecule has 1 saturated heterocycles. The first-order chi connectivity index (χ1) is 9.29. The van der Waals surface area contributed by atoms with Crippen molar-refractivity contribution in [2.75, 3.05) is 13.1 Å². The monoisotopic (exact) mass is 337 g/mol. The number of ether oxygens (including phenoxy) is 1. The van der Waals surface area contributed by atoms with Crippen molar-refractivity contribution in [1.82, 2.24) is 4.90 Å². The van der Waals surface area contributed by atoms with Crippen molar-refractivity contribution < 1.29 is 9.53 Å². The number of carbonyl (C=O) groups is 1. The fraction of sp³-hybridized carbons (Fsp3) is 0.562. The number of likely N-dealkylation sites (tertiary alicyclic amines) is 1. The third kappa shape index (κ3) is 2.34. The van der Waals surface area contributed by atoms with Gasteiger partial charge in [0.15, 0.2) is 0 Å². The van der Waals surface area contributed by atoms with Gasteiger partial charge >= 0.3 is 6.09 Å². The summed E-state index contributed by atoms with van der Waals surface area (Å²) in [5.41, 5.74) is 2.59. The van der Waals surface area contributed by atoms with Crippen molar-refractivity contribution in [1.29, 1.82) is 0 Å². The van der Waals surface area contributed by atoms with Gasteiger partial charge < -0.3 is 9.64 Å². The Hall–Kier alpha value is -1.03. The predicted octanol–water partition coefficient (Wildman–Crippen LogP) is 3.88. The summed E-state index contributed by atoms with van der Waals surface area (Å²) in [7, 11) is 0. The summed E-state index contributed by atoms with van der Waals surface area (Å²) in [5, 5.41) is 0. The van der Waals surface area contributed by atoms with E-state index in [0.29, 0.717) is 0 Å². The topological polar surface area (TPSA) is 29.5 Å². The second-order valence-corrected chi connectivity index (χ2v) is 7.83. The van der Waals surface area contributed by atoms with E-state index >= 15 is 0 Å². The van der Waals surface area contributed by atoms with Crippen LogP contribution in [0.2, 0.25) is 0 Å². The Labute approximate surface area is 128 Å². The minimum absolute atomic E-state index is 0.174. The fourth-order valence-corrected chi connectivity index (χ4v) is 3.67. The molecule has 1 amide bonds. The quantitative estimate of drug-likeness (QED) is 0.718. The standard InChI is InChI=1S/C16H20BrNO2/c1-15(2,3)20-14(19)18-9-16(10-18)7-6-11-8-12(17)4-5-13(11)16/h4-5,8H,6-7,9-10H2,1-3H3. The molecular weight excluding hydrogens is 318 g/mol. The SMILES string of the molecule is CC(C)(C)OC(=O)N1CC2(CCc3cc(Br)ccc32)C1. The molecule has 1 aliphatic heterocycles. The van der Waals surface area contributed by atoms with Crippen LogP contribution >= 0.6 is 15.9 Å². The maximum Gasteiger partial charge on any atom is 0.410 e. The Morgan fingerprint density at radius 1 is 1.35 bits per heavy atom. The van der Waals surface area contributed by atoms with Crippen molar-refractivity contribution in [2.24, 2.45) is 0 Å². The van der Waals surface area contributed by atoms with Crippen LogP contribution in [0.5, 0.6) is 0 Å². The number of amides is 1. The summed E-state index contributed by atoms with van der Waals surface area (Å²) in [6.45, 7) is 7.29. The lowest BCUT2D eigenvalue weighted by atomic mass is 9.75. The van der Waals surface area contributed by atoms with Crippen LogP contribution in [0.1, 0.15) is 38.3 Å². The third-order valence-electron chi connectivity index (χ3n) is 4.15. The highest BCUT2D eigenvalue weighted by Gasteiger charge is 2.50. The van der Waals surface area contributed by atoms with Gasteiger partial charge in [0.25, 0.3) is 0 Å². The Kier molecular flexibility index (Phi) is 3.12. The molecule has 1 aliphatic carbocycles. The number of rotatable bonds is 0. The second-order valence-electron chi connectivity index (χ2n) is 6.92. The van der Waals surface area contributed by atoms with Gasteiger partial charge in [0.2, 0.25) is 0 Å². The molecule has 108 valence electrons. The summed E-state index contributed by atoms with van der Waals surface area (Å²) in [4.78, 5) is 13.9. The average molecular weight is 338 g/mol. The molecule has 0 unspecified atom stereocenters. The molecule has 1 fully saturated rings. The van der Waals surface area contributed by atoms with E-state index < -0.39 is 5.60 Å². The number of hydrogen-bond acceptors (Lipinski definition) is 2. The van der Waals surface area contributed by atoms with Crippen molar-refractivity contribution >= 4 is 22.0 Å². The molecule has 0 bridgehead atoms. The van der Waals surface area contributed by atoms with E-state index in [-0.39, 0.29) is 11.5 Å². The Morgan fingerprint density at radius 3 is 2.70 bits per heavy atom. The zero-order chi connectivity index (χ0) is 14.5. The van der Waals surface area contributed by atoms with E-state index in [1.807, 2.05) is 25.7 Å². The maximum absolute atomic E-state index is 12.0. The van der Waals surface area contributed by atoms with Crippen molar-refractivity contribution in [3.63, 3.8) is 0 Å². The van der Waals surface area contributed by atoms with E-state index in [1.165, 1.54) is 11.1 Å². The molecule has 1 aromatic carbocycles. The number of hydrogen-bond donors (Lipinski definition) is 0. The van der Waals surface area contributed by atoms with Crippen molar-refractivity contribution in [3.05, 3.63) is 33.8 Å². The molecule has 3 rings (SSSR count). The van der Waals surface area contributed by atoms with Gasteiger partial charge in [0, 0.05) is 23.0 Å². The number of aryl methyl sites for hydroxylation is 1. The highest BCUT2D eigenvalue weighted by atomic mass is 79.9. The Bertz CT molecular complexity index is 556. The smallest absolute Gasteiger partial charge is 0.410 e. The van der Waals surface area contributed by atoms with Crippen LogP contribution < -0.4 is 0 Å². The molecule has 3 nitrogen and oxygen atoms in total. The molecule has 20 heavy (non-hydrogen) atoms. The lowest BCUT2D eigenvalue weighted by Gasteiger charge is -2.48. The van der Waals surface area contributed by atoms with Gasteiger partial charge in [0.05, 0.1) is 0 Å². The highest BCUT2D eigenvalue weighted by Crippen LogP contribution is 2.46. The van der Waals surface area contributed by atoms with Gasteiger partial charge in [-0.1, -0.05) is 22.0 Å². The van der Waals surface area contributed by atoms with Crippen molar-refractivity contribution in [3.8, 4) is 0 Å². The van der Waals surface area contributed by atoms with E-state index in [4.69, 9.17) is 4.74 Å². The van der Waals surface area contributed by atoms with Crippen LogP contribution in [-0.2, 0) is 16.6 Å². The molecule has 1 aromatic rings. The summed E-state index contributed by atoms with van der Waals surface area (Å²) in [6, 6.07) is 6.51. The highest BCUT2D eigenvalue weighted by molar-refractivity contribution is 9.10. The summed E-state index contributed by atoms with van der Waals surface area (Å²) in [6.07, 6.45) is 2.06. The second kappa shape index (κ2) is 4.48. The molecule has 1 heterocycles. The van der Waals surface area contributed by atoms with E-state index in [1.54, 1.807) is 0 Å². The molecule has 0 aromatic heterocycles. The van der Waals surface area contributed by atoms with Crippen LogP contribution in [0.25, 0.3) is 0 Å². The number of nitrogens with zero attached hydrogens (tertiary/aromatic N) is 1. The Morgan fingerprint density at radius 2 is 2.05 bits per heavy atom. The first-order valence-electron chi connectivity index (χ1n) is 7.06. The zero-order valence-corrected chi connectivity index (χ0v) is 13.8. The van der Waals surface area contributed by atoms with Gasteiger partial charge in [-0.2, -0.15) is 0 Å². The summed E-state index contributed by atoms with van der Waals surface area (Å²) >= 11 is 3.53. The zero-order valence-electron chi connectivity index (χ0n) is 12.2. The predicted molar refractivity (Wildman–Crippen MR) is 81.9 cm³/mol. The van der Waals surface area contributed by atoms with Gasteiger partial charge in [-0.15, -0.1) is 0 Å². The number of benzene rings is 1. The van der Waals surface area contributed by atoms with Crippen LogP contribution in [0.4, 0.5) is 4.79 Å². The fourth-order valence-electron chi connectivity index (χ4n) is 3.26. The van der Waals surface area contributed by atoms with Gasteiger partial charge in [0.1, 0.15) is 5.60 Å². The molecule has 4 heteroatoms. The van der Waals surface area contributed by atoms with E-state index in [2.05, 4.69) is 34.1 Å². The van der Waals surface area contributed by atoms with E-state index in [9.17, 15) is 4.79 Å². The minimum Gasteiger partial charge on any atom is -0.444 e. The molecule has 1 spiro atoms. The molecule has 0 N–H and O–H groups in total. The third-order valence-corrected chi connectivity index (χ3v) is 4.64. The minimum atomic E-state index is -0.418. The summed E-state index contributed by atoms with van der Waals surface area (Å²) < 4.78 is 6.57. The molecule has 0 radical (unpaired) electrons. The molecule has 2 aliphatic rings. The van der Waals surface area contributed by atoms with Gasteiger partial charge in [-0.05, 0) is 56.9 Å². The lowest BCUT2D eigenvalue weighted by Crippen LogP contribution is -2.60. The van der Waals surface area contributed by atoms with Crippen LogP contribution in [0.15, 0.2) is 22.7 Å². The first-order valence-corrected chi connectivity index (χ1v) is 7.85. The normalized spacial score (nSPS) is 19.7. The number of carbonyl (C=O) groups excluding carboxylic acids is 1. The summed E-state index contributed by atoms with van der Waals surface area (Å²) in [5.74, 6) is 0. The largest absolute Gasteiger partial charge is 0.444 e. The number of halogens is 1. The number of fused-ring (bicyclic) bond motifs is 2. The van der Waals surface area contributed by atoms with Gasteiger partial charge in [-0.3, -0.25) is 0 Å². The van der Waals surface area contributed by atoms with E-state index in [0.717, 1.165) is 30.4 Å². The average Bonchev–Trinajstić information content (AvgIpc) is 2.62. The van der Waals surface area contributed by atoms with Crippen LogP contribution in [0.3, 0.4) is 0 Å². The van der Waals surface area contributed by atoms with Gasteiger partial charge in [-0.25, -0.2) is 4.79 Å². The van der Waals surface area contributed by atoms with Crippen molar-refractivity contribution in [2.45, 2.75) is 44.6 Å².